The number of nitrogens with two attached hydrogens (primary N) is 1. The molecule has 0 aliphatic heterocycles. The first-order chi connectivity index (χ1) is 17.0. The predicted octanol–water partition coefficient (Wildman–Crippen LogP) is 2.28. The average Bonchev–Trinajstić information content (AvgIpc) is 3.34. The number of para-hydroxylation sites is 1. The predicted molar refractivity (Wildman–Crippen MR) is 136 cm³/mol. The molecule has 180 valence electrons. The molecule has 2 aromatic carbocycles. The fourth-order valence-corrected chi connectivity index (χ4v) is 4.44. The van der Waals surface area contributed by atoms with E-state index >= 15 is 0 Å². The van der Waals surface area contributed by atoms with Gasteiger partial charge < -0.3 is 10.6 Å². The number of anilines is 2. The molecule has 0 radical (unpaired) electrons. The van der Waals surface area contributed by atoms with Gasteiger partial charge in [0.05, 0.1) is 12.3 Å². The second-order valence-corrected chi connectivity index (χ2v) is 8.66. The molecule has 0 spiro atoms. The lowest BCUT2D eigenvalue weighted by atomic mass is 10.2. The van der Waals surface area contributed by atoms with E-state index in [-0.39, 0.29) is 36.3 Å². The molecular weight excluding hydrogens is 466 g/mol. The maximum absolute atomic E-state index is 13.3. The number of benzene rings is 2. The normalized spacial score (nSPS) is 10.9. The zero-order valence-corrected chi connectivity index (χ0v) is 19.9. The largest absolute Gasteiger partial charge is 0.383 e. The third kappa shape index (κ3) is 5.35. The fraction of sp³-hybridized carbons (Fsp3) is 0.208. The first-order valence-electron chi connectivity index (χ1n) is 11.0. The molecule has 0 aliphatic rings. The quantitative estimate of drug-likeness (QED) is 0.343. The molecule has 1 amide bonds. The number of amides is 1. The molecule has 0 bridgehead atoms. The van der Waals surface area contributed by atoms with Crippen molar-refractivity contribution >= 4 is 29.2 Å². The Morgan fingerprint density at radius 3 is 2.46 bits per heavy atom. The van der Waals surface area contributed by atoms with Crippen LogP contribution in [-0.2, 0) is 11.3 Å². The highest BCUT2D eigenvalue weighted by Crippen LogP contribution is 2.23. The minimum absolute atomic E-state index is 0.00220. The summed E-state index contributed by atoms with van der Waals surface area (Å²) in [7, 11) is 0. The van der Waals surface area contributed by atoms with Gasteiger partial charge in [0.15, 0.2) is 10.8 Å². The molecule has 35 heavy (non-hydrogen) atoms. The Balaban J connectivity index is 1.61. The molecule has 0 saturated carbocycles. The second kappa shape index (κ2) is 10.9. The van der Waals surface area contributed by atoms with E-state index in [1.165, 1.54) is 21.2 Å². The van der Waals surface area contributed by atoms with Crippen LogP contribution >= 0.6 is 11.8 Å². The Bertz CT molecular complexity index is 1410. The molecule has 0 saturated heterocycles. The lowest BCUT2D eigenvalue weighted by molar-refractivity contribution is -0.116. The van der Waals surface area contributed by atoms with Crippen LogP contribution in [0.15, 0.2) is 81.7 Å². The van der Waals surface area contributed by atoms with Crippen molar-refractivity contribution in [3.63, 3.8) is 0 Å². The van der Waals surface area contributed by atoms with Crippen LogP contribution in [0.5, 0.6) is 0 Å². The van der Waals surface area contributed by atoms with Crippen LogP contribution in [0.4, 0.5) is 11.5 Å². The number of aromatic amines is 1. The van der Waals surface area contributed by atoms with Crippen molar-refractivity contribution in [1.82, 2.24) is 24.3 Å². The van der Waals surface area contributed by atoms with E-state index in [0.29, 0.717) is 11.6 Å². The summed E-state index contributed by atoms with van der Waals surface area (Å²) in [5.41, 5.74) is 6.65. The van der Waals surface area contributed by atoms with Crippen molar-refractivity contribution in [1.29, 1.82) is 0 Å². The van der Waals surface area contributed by atoms with Gasteiger partial charge in [-0.15, -0.1) is 10.2 Å². The molecule has 4 rings (SSSR count). The van der Waals surface area contributed by atoms with Crippen LogP contribution < -0.4 is 21.9 Å². The standard InChI is InChI=1S/C24H25N7O3S/c1-2-13-29(19(32)15-35-24-28-26-16-31(24)18-11-7-4-8-12-18)20-21(25)30(23(34)27-22(20)33)14-17-9-5-3-6-10-17/h3-12,16H,2,13-15,25H2,1H3,(H,27,33,34). The molecule has 10 nitrogen and oxygen atoms in total. The van der Waals surface area contributed by atoms with Crippen LogP contribution in [-0.4, -0.2) is 42.5 Å². The lowest BCUT2D eigenvalue weighted by Gasteiger charge is -2.24. The summed E-state index contributed by atoms with van der Waals surface area (Å²) in [6.07, 6.45) is 2.17. The molecule has 11 heteroatoms. The van der Waals surface area contributed by atoms with Gasteiger partial charge in [0.1, 0.15) is 12.1 Å². The Labute approximate surface area is 205 Å². The van der Waals surface area contributed by atoms with E-state index in [4.69, 9.17) is 5.73 Å². The molecule has 4 aromatic rings. The van der Waals surface area contributed by atoms with Gasteiger partial charge in [0, 0.05) is 12.2 Å². The number of carbonyl (C=O) groups excluding carboxylic acids is 1. The van der Waals surface area contributed by atoms with Gasteiger partial charge in [-0.25, -0.2) is 4.79 Å². The second-order valence-electron chi connectivity index (χ2n) is 7.72. The van der Waals surface area contributed by atoms with Crippen molar-refractivity contribution in [2.45, 2.75) is 25.0 Å². The van der Waals surface area contributed by atoms with E-state index in [2.05, 4.69) is 15.2 Å². The minimum atomic E-state index is -0.698. The highest BCUT2D eigenvalue weighted by atomic mass is 32.2. The van der Waals surface area contributed by atoms with Gasteiger partial charge in [0.2, 0.25) is 5.91 Å². The monoisotopic (exact) mass is 491 g/mol. The van der Waals surface area contributed by atoms with E-state index in [1.54, 1.807) is 10.9 Å². The molecule has 0 unspecified atom stereocenters. The summed E-state index contributed by atoms with van der Waals surface area (Å²) in [5, 5.41) is 8.62. The summed E-state index contributed by atoms with van der Waals surface area (Å²) >= 11 is 1.20. The summed E-state index contributed by atoms with van der Waals surface area (Å²) < 4.78 is 3.05. The molecule has 2 heterocycles. The number of nitrogen functional groups attached to an aromatic ring is 1. The third-order valence-electron chi connectivity index (χ3n) is 5.29. The maximum atomic E-state index is 13.3. The number of nitrogens with one attached hydrogen (secondary N) is 1. The number of rotatable bonds is 9. The van der Waals surface area contributed by atoms with Crippen molar-refractivity contribution in [3.8, 4) is 5.69 Å². The average molecular weight is 492 g/mol. The third-order valence-corrected chi connectivity index (χ3v) is 6.22. The zero-order valence-electron chi connectivity index (χ0n) is 19.1. The Morgan fingerprint density at radius 2 is 1.77 bits per heavy atom. The number of hydrogen-bond donors (Lipinski definition) is 2. The summed E-state index contributed by atoms with van der Waals surface area (Å²) in [4.78, 5) is 42.2. The Hall–Kier alpha value is -4.12. The maximum Gasteiger partial charge on any atom is 0.330 e. The van der Waals surface area contributed by atoms with Crippen LogP contribution in [0.25, 0.3) is 5.69 Å². The fourth-order valence-electron chi connectivity index (χ4n) is 3.64. The number of H-pyrrole nitrogens is 1. The van der Waals surface area contributed by atoms with Gasteiger partial charge in [-0.1, -0.05) is 67.2 Å². The number of nitrogens with zero attached hydrogens (tertiary/aromatic N) is 5. The number of aromatic nitrogens is 5. The van der Waals surface area contributed by atoms with E-state index in [0.717, 1.165) is 11.3 Å². The summed E-state index contributed by atoms with van der Waals surface area (Å²) in [6.45, 7) is 2.32. The zero-order chi connectivity index (χ0) is 24.8. The molecule has 0 atom stereocenters. The van der Waals surface area contributed by atoms with E-state index < -0.39 is 11.2 Å². The smallest absolute Gasteiger partial charge is 0.330 e. The van der Waals surface area contributed by atoms with E-state index in [1.807, 2.05) is 67.6 Å². The first kappa shape index (κ1) is 24.0. The van der Waals surface area contributed by atoms with Crippen LogP contribution in [0.3, 0.4) is 0 Å². The van der Waals surface area contributed by atoms with Crippen LogP contribution in [0.2, 0.25) is 0 Å². The minimum Gasteiger partial charge on any atom is -0.383 e. The van der Waals surface area contributed by atoms with Gasteiger partial charge in [-0.05, 0) is 24.1 Å². The molecule has 3 N–H and O–H groups in total. The molecule has 0 fully saturated rings. The molecular formula is C24H25N7O3S. The van der Waals surface area contributed by atoms with Crippen molar-refractivity contribution in [2.75, 3.05) is 22.9 Å². The topological polar surface area (TPSA) is 132 Å². The lowest BCUT2D eigenvalue weighted by Crippen LogP contribution is -2.42. The van der Waals surface area contributed by atoms with E-state index in [9.17, 15) is 14.4 Å². The van der Waals surface area contributed by atoms with Gasteiger partial charge >= 0.3 is 5.69 Å². The first-order valence-corrected chi connectivity index (χ1v) is 12.0. The summed E-state index contributed by atoms with van der Waals surface area (Å²) in [6, 6.07) is 18.8. The highest BCUT2D eigenvalue weighted by molar-refractivity contribution is 7.99. The number of thioether (sulfide) groups is 1. The van der Waals surface area contributed by atoms with Crippen molar-refractivity contribution < 1.29 is 4.79 Å². The molecule has 0 aliphatic carbocycles. The van der Waals surface area contributed by atoms with Gasteiger partial charge in [0.25, 0.3) is 5.56 Å². The number of carbonyl (C=O) groups is 1. The Kier molecular flexibility index (Phi) is 7.46. The highest BCUT2D eigenvalue weighted by Gasteiger charge is 2.24. The number of hydrogen-bond acceptors (Lipinski definition) is 7. The summed E-state index contributed by atoms with van der Waals surface area (Å²) in [5.74, 6) is -0.384. The van der Waals surface area contributed by atoms with Gasteiger partial charge in [-0.2, -0.15) is 0 Å². The SMILES string of the molecule is CCCN(C(=O)CSc1nncn1-c1ccccc1)c1c(N)n(Cc2ccccc2)c(=O)[nH]c1=O. The van der Waals surface area contributed by atoms with Crippen LogP contribution in [0.1, 0.15) is 18.9 Å². The molecule has 2 aromatic heterocycles. The van der Waals surface area contributed by atoms with Crippen molar-refractivity contribution in [3.05, 3.63) is 93.4 Å². The van der Waals surface area contributed by atoms with Crippen LogP contribution in [0, 0.1) is 0 Å². The Morgan fingerprint density at radius 1 is 1.09 bits per heavy atom. The van der Waals surface area contributed by atoms with Gasteiger partial charge in [-0.3, -0.25) is 23.7 Å². The van der Waals surface area contributed by atoms with Crippen molar-refractivity contribution in [2.24, 2.45) is 0 Å².